The molecule has 0 aliphatic carbocycles. The molecule has 1 N–H and O–H groups in total. The van der Waals surface area contributed by atoms with Crippen LogP contribution in [0.15, 0.2) is 42.6 Å². The van der Waals surface area contributed by atoms with E-state index in [4.69, 9.17) is 18.9 Å². The third-order valence-electron chi connectivity index (χ3n) is 6.15. The Hall–Kier alpha value is -3.59. The zero-order valence-electron chi connectivity index (χ0n) is 19.0. The third kappa shape index (κ3) is 4.56. The van der Waals surface area contributed by atoms with Gasteiger partial charge in [0.25, 0.3) is 0 Å². The van der Waals surface area contributed by atoms with Gasteiger partial charge in [-0.3, -0.25) is 9.88 Å². The van der Waals surface area contributed by atoms with E-state index in [9.17, 15) is 9.90 Å². The van der Waals surface area contributed by atoms with Crippen LogP contribution in [0.2, 0.25) is 0 Å². The van der Waals surface area contributed by atoms with E-state index in [2.05, 4.69) is 9.97 Å². The van der Waals surface area contributed by atoms with Gasteiger partial charge in [-0.1, -0.05) is 6.42 Å². The van der Waals surface area contributed by atoms with E-state index < -0.39 is 18.3 Å². The molecule has 2 aliphatic heterocycles. The molecule has 34 heavy (non-hydrogen) atoms. The highest BCUT2D eigenvalue weighted by Crippen LogP contribution is 2.35. The molecule has 5 rings (SSSR count). The fourth-order valence-electron chi connectivity index (χ4n) is 4.33. The summed E-state index contributed by atoms with van der Waals surface area (Å²) in [5.74, 6) is 1.83. The maximum Gasteiger partial charge on any atom is 0.414 e. The number of aromatic nitrogens is 2. The maximum atomic E-state index is 12.4. The normalized spacial score (nSPS) is 18.1. The van der Waals surface area contributed by atoms with Crippen LogP contribution < -0.4 is 19.1 Å². The second kappa shape index (κ2) is 9.72. The molecular formula is C25H27N3O6. The molecule has 178 valence electrons. The minimum atomic E-state index is -0.737. The Morgan fingerprint density at radius 2 is 2.00 bits per heavy atom. The van der Waals surface area contributed by atoms with E-state index >= 15 is 0 Å². The molecular weight excluding hydrogens is 438 g/mol. The van der Waals surface area contributed by atoms with Gasteiger partial charge in [0.15, 0.2) is 11.5 Å². The van der Waals surface area contributed by atoms with Crippen LogP contribution in [0, 0.1) is 0 Å². The third-order valence-corrected chi connectivity index (χ3v) is 6.15. The van der Waals surface area contributed by atoms with Gasteiger partial charge in [-0.25, -0.2) is 9.78 Å². The molecule has 1 saturated heterocycles. The SMILES string of the molecule is COc1ccc2nccc(CCCCC(O)C3CN(c4ccc5c(c4)OCCO5)C(=O)O3)c2n1. The first-order valence-electron chi connectivity index (χ1n) is 11.5. The van der Waals surface area contributed by atoms with Crippen LogP contribution in [0.4, 0.5) is 10.5 Å². The Kier molecular flexibility index (Phi) is 6.35. The number of nitrogens with zero attached hydrogens (tertiary/aromatic N) is 3. The smallest absolute Gasteiger partial charge is 0.414 e. The van der Waals surface area contributed by atoms with Crippen molar-refractivity contribution in [1.82, 2.24) is 9.97 Å². The van der Waals surface area contributed by atoms with Gasteiger partial charge in [-0.15, -0.1) is 0 Å². The average Bonchev–Trinajstić information content (AvgIpc) is 3.27. The lowest BCUT2D eigenvalue weighted by atomic mass is 10.0. The summed E-state index contributed by atoms with van der Waals surface area (Å²) in [5.41, 5.74) is 3.42. The average molecular weight is 466 g/mol. The summed E-state index contributed by atoms with van der Waals surface area (Å²) >= 11 is 0. The first kappa shape index (κ1) is 22.2. The number of methoxy groups -OCH3 is 1. The molecule has 0 saturated carbocycles. The van der Waals surface area contributed by atoms with Crippen LogP contribution in [-0.2, 0) is 11.2 Å². The van der Waals surface area contributed by atoms with E-state index in [1.807, 2.05) is 12.1 Å². The summed E-state index contributed by atoms with van der Waals surface area (Å²) < 4.78 is 21.8. The minimum Gasteiger partial charge on any atom is -0.486 e. The number of aryl methyl sites for hydroxylation is 1. The number of anilines is 1. The molecule has 1 fully saturated rings. The number of hydrogen-bond acceptors (Lipinski definition) is 8. The van der Waals surface area contributed by atoms with Gasteiger partial charge in [0.2, 0.25) is 5.88 Å². The zero-order valence-corrected chi connectivity index (χ0v) is 19.0. The number of cyclic esters (lactones) is 1. The molecule has 3 aromatic rings. The number of rotatable bonds is 8. The number of unbranched alkanes of at least 4 members (excludes halogenated alkanes) is 1. The number of ether oxygens (including phenoxy) is 4. The van der Waals surface area contributed by atoms with E-state index in [-0.39, 0.29) is 0 Å². The molecule has 1 aromatic carbocycles. The van der Waals surface area contributed by atoms with Crippen LogP contribution in [0.5, 0.6) is 17.4 Å². The highest BCUT2D eigenvalue weighted by atomic mass is 16.6. The van der Waals surface area contributed by atoms with Gasteiger partial charge in [-0.05, 0) is 49.1 Å². The fourth-order valence-corrected chi connectivity index (χ4v) is 4.33. The van der Waals surface area contributed by atoms with Gasteiger partial charge in [0.05, 0.1) is 36.5 Å². The number of hydrogen-bond donors (Lipinski definition) is 1. The van der Waals surface area contributed by atoms with Crippen molar-refractivity contribution in [2.24, 2.45) is 0 Å². The fraction of sp³-hybridized carbons (Fsp3) is 0.400. The molecule has 2 aliphatic rings. The number of fused-ring (bicyclic) bond motifs is 2. The van der Waals surface area contributed by atoms with Crippen LogP contribution >= 0.6 is 0 Å². The summed E-state index contributed by atoms with van der Waals surface area (Å²) in [5, 5.41) is 10.7. The van der Waals surface area contributed by atoms with Crippen molar-refractivity contribution in [1.29, 1.82) is 0 Å². The number of aliphatic hydroxyl groups is 1. The van der Waals surface area contributed by atoms with Gasteiger partial charge >= 0.3 is 6.09 Å². The summed E-state index contributed by atoms with van der Waals surface area (Å²) in [7, 11) is 1.59. The molecule has 2 unspecified atom stereocenters. The lowest BCUT2D eigenvalue weighted by molar-refractivity contribution is 0.0267. The van der Waals surface area contributed by atoms with E-state index in [0.717, 1.165) is 35.9 Å². The summed E-state index contributed by atoms with van der Waals surface area (Å²) in [6.07, 6.45) is 2.99. The topological polar surface area (TPSA) is 103 Å². The largest absolute Gasteiger partial charge is 0.486 e. The molecule has 1 amide bonds. The number of pyridine rings is 2. The first-order valence-corrected chi connectivity index (χ1v) is 11.5. The van der Waals surface area contributed by atoms with Crippen LogP contribution in [0.3, 0.4) is 0 Å². The summed E-state index contributed by atoms with van der Waals surface area (Å²) in [6, 6.07) is 11.0. The van der Waals surface area contributed by atoms with Crippen LogP contribution in [-0.4, -0.2) is 60.2 Å². The number of aliphatic hydroxyl groups excluding tert-OH is 1. The van der Waals surface area contributed by atoms with E-state index in [1.165, 1.54) is 4.90 Å². The van der Waals surface area contributed by atoms with Gasteiger partial charge < -0.3 is 24.1 Å². The monoisotopic (exact) mass is 465 g/mol. The molecule has 0 spiro atoms. The van der Waals surface area contributed by atoms with E-state index in [1.54, 1.807) is 37.6 Å². The maximum absolute atomic E-state index is 12.4. The highest BCUT2D eigenvalue weighted by Gasteiger charge is 2.37. The number of carbonyl (C=O) groups excluding carboxylic acids is 1. The number of carbonyl (C=O) groups is 1. The lowest BCUT2D eigenvalue weighted by Gasteiger charge is -2.21. The quantitative estimate of drug-likeness (QED) is 0.504. The second-order valence-electron chi connectivity index (χ2n) is 8.37. The number of amides is 1. The molecule has 2 atom stereocenters. The summed E-state index contributed by atoms with van der Waals surface area (Å²) in [6.45, 7) is 1.27. The Balaban J connectivity index is 1.15. The number of benzene rings is 1. The Bertz CT molecular complexity index is 1190. The minimum absolute atomic E-state index is 0.290. The van der Waals surface area contributed by atoms with Crippen molar-refractivity contribution in [2.45, 2.75) is 37.9 Å². The molecule has 2 aromatic heterocycles. The molecule has 0 bridgehead atoms. The Morgan fingerprint density at radius 1 is 1.15 bits per heavy atom. The predicted octanol–water partition coefficient (Wildman–Crippen LogP) is 3.51. The molecule has 0 radical (unpaired) electrons. The first-order chi connectivity index (χ1) is 16.6. The van der Waals surface area contributed by atoms with E-state index in [0.29, 0.717) is 49.2 Å². The van der Waals surface area contributed by atoms with Crippen LogP contribution in [0.25, 0.3) is 11.0 Å². The Labute approximate surface area is 197 Å². The van der Waals surface area contributed by atoms with Gasteiger partial charge in [-0.2, -0.15) is 0 Å². The highest BCUT2D eigenvalue weighted by molar-refractivity contribution is 5.90. The summed E-state index contributed by atoms with van der Waals surface area (Å²) in [4.78, 5) is 22.9. The molecule has 9 nitrogen and oxygen atoms in total. The molecule has 4 heterocycles. The van der Waals surface area contributed by atoms with Gasteiger partial charge in [0, 0.05) is 18.3 Å². The Morgan fingerprint density at radius 3 is 2.85 bits per heavy atom. The van der Waals surface area contributed by atoms with Crippen molar-refractivity contribution in [3.05, 3.63) is 48.2 Å². The second-order valence-corrected chi connectivity index (χ2v) is 8.37. The van der Waals surface area contributed by atoms with Gasteiger partial charge in [0.1, 0.15) is 19.3 Å². The van der Waals surface area contributed by atoms with Crippen molar-refractivity contribution in [3.8, 4) is 17.4 Å². The lowest BCUT2D eigenvalue weighted by Crippen LogP contribution is -2.31. The van der Waals surface area contributed by atoms with Crippen LogP contribution in [0.1, 0.15) is 24.8 Å². The predicted molar refractivity (Wildman–Crippen MR) is 125 cm³/mol. The van der Waals surface area contributed by atoms with Crippen molar-refractivity contribution >= 4 is 22.8 Å². The van der Waals surface area contributed by atoms with Crippen molar-refractivity contribution < 1.29 is 28.8 Å². The molecule has 9 heteroatoms. The zero-order chi connectivity index (χ0) is 23.5. The van der Waals surface area contributed by atoms with Crippen molar-refractivity contribution in [2.75, 3.05) is 31.8 Å². The van der Waals surface area contributed by atoms with Crippen molar-refractivity contribution in [3.63, 3.8) is 0 Å². The standard InChI is InChI=1S/C25H27N3O6/c1-31-23-9-7-18-24(27-23)16(10-11-26-18)4-2-3-5-19(29)22-15-28(25(30)34-22)17-6-8-20-21(14-17)33-13-12-32-20/h6-11,14,19,22,29H,2-5,12-13,15H2,1H3.